The first kappa shape index (κ1) is 20.0. The summed E-state index contributed by atoms with van der Waals surface area (Å²) in [5.41, 5.74) is 3.81. The molecule has 0 radical (unpaired) electrons. The van der Waals surface area contributed by atoms with Gasteiger partial charge in [0.15, 0.2) is 5.58 Å². The summed E-state index contributed by atoms with van der Waals surface area (Å²) in [6, 6.07) is 14.6. The molecule has 0 unspecified atom stereocenters. The molecule has 2 N–H and O–H groups in total. The second kappa shape index (κ2) is 7.86. The maximum Gasteiger partial charge on any atom is 0.295 e. The third-order valence-corrected chi connectivity index (χ3v) is 5.44. The Bertz CT molecular complexity index is 1400. The molecular weight excluding hydrogens is 430 g/mol. The van der Waals surface area contributed by atoms with Crippen molar-refractivity contribution in [2.75, 3.05) is 6.54 Å². The highest BCUT2D eigenvalue weighted by molar-refractivity contribution is 7.86. The van der Waals surface area contributed by atoms with E-state index >= 15 is 0 Å². The van der Waals surface area contributed by atoms with Crippen LogP contribution in [0.2, 0.25) is 5.02 Å². The van der Waals surface area contributed by atoms with E-state index in [0.717, 1.165) is 11.6 Å². The van der Waals surface area contributed by atoms with Crippen LogP contribution >= 0.6 is 11.6 Å². The first-order valence-corrected chi connectivity index (χ1v) is 10.5. The monoisotopic (exact) mass is 443 g/mol. The molecule has 4 aromatic rings. The number of aromatic nitrogens is 1. The fourth-order valence-corrected chi connectivity index (χ4v) is 3.76. The van der Waals surface area contributed by atoms with Crippen LogP contribution in [0.5, 0.6) is 0 Å². The molecule has 4 rings (SSSR count). The minimum absolute atomic E-state index is 0.0781. The third-order valence-electron chi connectivity index (χ3n) is 4.29. The first-order valence-electron chi connectivity index (χ1n) is 8.67. The molecule has 1 heterocycles. The van der Waals surface area contributed by atoms with Crippen LogP contribution in [-0.2, 0) is 10.1 Å². The topological polar surface area (TPSA) is 122 Å². The molecule has 0 spiro atoms. The molecule has 0 aliphatic heterocycles. The van der Waals surface area contributed by atoms with Gasteiger partial charge in [-0.25, -0.2) is 4.98 Å². The van der Waals surface area contributed by atoms with Crippen LogP contribution in [-0.4, -0.2) is 36.5 Å². The number of rotatable bonds is 6. The average Bonchev–Trinajstić information content (AvgIpc) is 3.16. The zero-order chi connectivity index (χ0) is 21.3. The molecule has 152 valence electrons. The lowest BCUT2D eigenvalue weighted by atomic mass is 10.1. The maximum atomic E-state index is 12.4. The van der Waals surface area contributed by atoms with Crippen LogP contribution in [0.1, 0.15) is 16.2 Å². The van der Waals surface area contributed by atoms with Crippen LogP contribution in [0.4, 0.5) is 0 Å². The SMILES string of the molecule is O=C(CN/N=C/c1ccc(Cl)cc1)c1nc2c(cc(S(=O)(=O)O)c3ccccc32)o1. The molecule has 0 fully saturated rings. The van der Waals surface area contributed by atoms with E-state index in [-0.39, 0.29) is 28.3 Å². The fourth-order valence-electron chi connectivity index (χ4n) is 2.92. The smallest absolute Gasteiger partial charge is 0.295 e. The van der Waals surface area contributed by atoms with Gasteiger partial charge < -0.3 is 9.84 Å². The molecule has 10 heteroatoms. The molecule has 0 aliphatic carbocycles. The van der Waals surface area contributed by atoms with Gasteiger partial charge in [0.25, 0.3) is 16.0 Å². The second-order valence-corrected chi connectivity index (χ2v) is 8.16. The highest BCUT2D eigenvalue weighted by Crippen LogP contribution is 2.31. The molecular formula is C20H14ClN3O5S. The molecule has 0 aliphatic rings. The summed E-state index contributed by atoms with van der Waals surface area (Å²) in [6.45, 7) is -0.181. The van der Waals surface area contributed by atoms with Gasteiger partial charge in [-0.2, -0.15) is 13.5 Å². The highest BCUT2D eigenvalue weighted by Gasteiger charge is 2.21. The largest absolute Gasteiger partial charge is 0.434 e. The van der Waals surface area contributed by atoms with Crippen LogP contribution in [0.25, 0.3) is 21.9 Å². The van der Waals surface area contributed by atoms with Crippen molar-refractivity contribution in [3.05, 3.63) is 71.1 Å². The van der Waals surface area contributed by atoms with Gasteiger partial charge in [0, 0.05) is 21.9 Å². The van der Waals surface area contributed by atoms with Gasteiger partial charge in [-0.1, -0.05) is 48.0 Å². The van der Waals surface area contributed by atoms with Gasteiger partial charge >= 0.3 is 0 Å². The van der Waals surface area contributed by atoms with Gasteiger partial charge in [-0.05, 0) is 17.7 Å². The van der Waals surface area contributed by atoms with Crippen molar-refractivity contribution in [3.63, 3.8) is 0 Å². The number of fused-ring (bicyclic) bond motifs is 3. The highest BCUT2D eigenvalue weighted by atomic mass is 35.5. The molecule has 0 bridgehead atoms. The summed E-state index contributed by atoms with van der Waals surface area (Å²) in [7, 11) is -4.49. The van der Waals surface area contributed by atoms with Gasteiger partial charge in [-0.3, -0.25) is 9.35 Å². The Hall–Kier alpha value is -3.27. The molecule has 0 saturated carbocycles. The number of carbonyl (C=O) groups excluding carboxylic acids is 1. The second-order valence-electron chi connectivity index (χ2n) is 6.33. The Morgan fingerprint density at radius 3 is 2.57 bits per heavy atom. The lowest BCUT2D eigenvalue weighted by Gasteiger charge is -2.03. The lowest BCUT2D eigenvalue weighted by molar-refractivity contribution is 0.0961. The quantitative estimate of drug-likeness (QED) is 0.202. The number of benzene rings is 3. The number of ketones is 1. The Labute approximate surface area is 175 Å². The summed E-state index contributed by atoms with van der Waals surface area (Å²) < 4.78 is 38.5. The van der Waals surface area contributed by atoms with Gasteiger partial charge in [0.1, 0.15) is 17.0 Å². The van der Waals surface area contributed by atoms with Crippen molar-refractivity contribution in [3.8, 4) is 0 Å². The molecule has 0 atom stereocenters. The van der Waals surface area contributed by atoms with Crippen molar-refractivity contribution >= 4 is 55.6 Å². The molecule has 8 nitrogen and oxygen atoms in total. The number of hydrogen-bond donors (Lipinski definition) is 2. The Morgan fingerprint density at radius 2 is 1.87 bits per heavy atom. The predicted molar refractivity (Wildman–Crippen MR) is 113 cm³/mol. The summed E-state index contributed by atoms with van der Waals surface area (Å²) in [4.78, 5) is 16.3. The van der Waals surface area contributed by atoms with E-state index in [1.165, 1.54) is 6.21 Å². The Kier molecular flexibility index (Phi) is 5.25. The van der Waals surface area contributed by atoms with Crippen LogP contribution in [0.3, 0.4) is 0 Å². The van der Waals surface area contributed by atoms with Crippen LogP contribution < -0.4 is 5.43 Å². The summed E-state index contributed by atoms with van der Waals surface area (Å²) >= 11 is 5.82. The Balaban J connectivity index is 1.59. The van der Waals surface area contributed by atoms with E-state index in [9.17, 15) is 17.8 Å². The zero-order valence-electron chi connectivity index (χ0n) is 15.2. The van der Waals surface area contributed by atoms with Gasteiger partial charge in [0.2, 0.25) is 5.78 Å². The summed E-state index contributed by atoms with van der Waals surface area (Å²) in [5.74, 6) is -0.672. The predicted octanol–water partition coefficient (Wildman–Crippen LogP) is 3.69. The minimum Gasteiger partial charge on any atom is -0.434 e. The third kappa shape index (κ3) is 4.04. The summed E-state index contributed by atoms with van der Waals surface area (Å²) in [6.07, 6.45) is 1.53. The number of nitrogens with one attached hydrogen (secondary N) is 1. The number of halogens is 1. The summed E-state index contributed by atoms with van der Waals surface area (Å²) in [5, 5.41) is 5.30. The minimum atomic E-state index is -4.49. The molecule has 0 amide bonds. The first-order chi connectivity index (χ1) is 14.3. The average molecular weight is 444 g/mol. The van der Waals surface area contributed by atoms with E-state index in [2.05, 4.69) is 15.5 Å². The van der Waals surface area contributed by atoms with Gasteiger partial charge in [-0.15, -0.1) is 0 Å². The van der Waals surface area contributed by atoms with Gasteiger partial charge in [0.05, 0.1) is 6.21 Å². The number of Topliss-reactive ketones (excluding diaryl/α,β-unsaturated/α-hetero) is 1. The standard InChI is InChI=1S/C20H14ClN3O5S/c21-13-7-5-12(6-8-13)10-22-23-11-16(25)20-24-19-15-4-2-1-3-14(15)18(30(26,27)28)9-17(19)29-20/h1-10,23H,11H2,(H,26,27,28)/b22-10+. The normalized spacial score (nSPS) is 12.1. The molecule has 30 heavy (non-hydrogen) atoms. The van der Waals surface area contributed by atoms with E-state index in [1.54, 1.807) is 48.5 Å². The zero-order valence-corrected chi connectivity index (χ0v) is 16.8. The van der Waals surface area contributed by atoms with E-state index < -0.39 is 15.9 Å². The molecule has 3 aromatic carbocycles. The fraction of sp³-hybridized carbons (Fsp3) is 0.0500. The molecule has 1 aromatic heterocycles. The Morgan fingerprint density at radius 1 is 1.17 bits per heavy atom. The van der Waals surface area contributed by atoms with Crippen molar-refractivity contribution in [2.45, 2.75) is 4.90 Å². The number of hydrogen-bond acceptors (Lipinski definition) is 7. The van der Waals surface area contributed by atoms with E-state index in [4.69, 9.17) is 16.0 Å². The van der Waals surface area contributed by atoms with Crippen molar-refractivity contribution in [2.24, 2.45) is 5.10 Å². The number of oxazole rings is 1. The maximum absolute atomic E-state index is 12.4. The number of nitrogens with zero attached hydrogens (tertiary/aromatic N) is 2. The lowest BCUT2D eigenvalue weighted by Crippen LogP contribution is -2.18. The molecule has 0 saturated heterocycles. The van der Waals surface area contributed by atoms with Crippen LogP contribution in [0.15, 0.2) is 69.0 Å². The van der Waals surface area contributed by atoms with Crippen molar-refractivity contribution in [1.29, 1.82) is 0 Å². The van der Waals surface area contributed by atoms with E-state index in [1.807, 2.05) is 0 Å². The number of hydrazone groups is 1. The van der Waals surface area contributed by atoms with Crippen molar-refractivity contribution in [1.82, 2.24) is 10.4 Å². The van der Waals surface area contributed by atoms with Crippen molar-refractivity contribution < 1.29 is 22.2 Å². The van der Waals surface area contributed by atoms with Crippen LogP contribution in [0, 0.1) is 0 Å². The van der Waals surface area contributed by atoms with E-state index in [0.29, 0.717) is 15.9 Å². The number of carbonyl (C=O) groups is 1.